The van der Waals surface area contributed by atoms with Crippen LogP contribution in [-0.4, -0.2) is 36.5 Å². The van der Waals surface area contributed by atoms with Gasteiger partial charge in [0.05, 0.1) is 0 Å². The molecule has 2 rings (SSSR count). The van der Waals surface area contributed by atoms with Gasteiger partial charge in [-0.1, -0.05) is 12.1 Å². The summed E-state index contributed by atoms with van der Waals surface area (Å²) in [6.07, 6.45) is 3.88. The van der Waals surface area contributed by atoms with Gasteiger partial charge in [-0.2, -0.15) is 0 Å². The molecule has 4 nitrogen and oxygen atoms in total. The highest BCUT2D eigenvalue weighted by atomic mass is 16.1. The molecule has 0 bridgehead atoms. The van der Waals surface area contributed by atoms with Crippen molar-refractivity contribution in [3.63, 3.8) is 0 Å². The monoisotopic (exact) mass is 275 g/mol. The predicted molar refractivity (Wildman–Crippen MR) is 82.5 cm³/mol. The minimum Gasteiger partial charge on any atom is -0.399 e. The van der Waals surface area contributed by atoms with E-state index in [2.05, 4.69) is 17.1 Å². The molecule has 3 N–H and O–H groups in total. The van der Waals surface area contributed by atoms with Crippen molar-refractivity contribution in [3.8, 4) is 0 Å². The van der Waals surface area contributed by atoms with Crippen LogP contribution in [-0.2, 0) is 11.2 Å². The molecule has 1 heterocycles. The number of nitrogens with two attached hydrogens (primary N) is 1. The molecule has 0 spiro atoms. The van der Waals surface area contributed by atoms with Crippen LogP contribution in [0.3, 0.4) is 0 Å². The van der Waals surface area contributed by atoms with Crippen LogP contribution in [0.2, 0.25) is 0 Å². The molecule has 1 fully saturated rings. The lowest BCUT2D eigenvalue weighted by molar-refractivity contribution is -0.121. The molecular weight excluding hydrogens is 250 g/mol. The number of anilines is 1. The lowest BCUT2D eigenvalue weighted by Crippen LogP contribution is -2.40. The molecule has 0 radical (unpaired) electrons. The highest BCUT2D eigenvalue weighted by molar-refractivity contribution is 5.76. The van der Waals surface area contributed by atoms with E-state index in [1.165, 1.54) is 25.9 Å². The Labute approximate surface area is 121 Å². The topological polar surface area (TPSA) is 58.4 Å². The maximum absolute atomic E-state index is 11.8. The van der Waals surface area contributed by atoms with Gasteiger partial charge in [0.15, 0.2) is 0 Å². The van der Waals surface area contributed by atoms with Crippen molar-refractivity contribution in [1.82, 2.24) is 10.2 Å². The number of benzene rings is 1. The molecule has 1 aromatic rings. The number of rotatable bonds is 6. The van der Waals surface area contributed by atoms with Gasteiger partial charge in [0.1, 0.15) is 0 Å². The van der Waals surface area contributed by atoms with E-state index in [1.54, 1.807) is 0 Å². The van der Waals surface area contributed by atoms with Crippen LogP contribution < -0.4 is 11.1 Å². The molecule has 0 aromatic heterocycles. The second kappa shape index (κ2) is 7.29. The first-order chi connectivity index (χ1) is 9.65. The zero-order valence-corrected chi connectivity index (χ0v) is 12.3. The van der Waals surface area contributed by atoms with Crippen molar-refractivity contribution in [2.45, 2.75) is 38.6 Å². The number of aryl methyl sites for hydroxylation is 1. The van der Waals surface area contributed by atoms with Crippen molar-refractivity contribution in [1.29, 1.82) is 0 Å². The van der Waals surface area contributed by atoms with E-state index in [1.807, 2.05) is 24.3 Å². The van der Waals surface area contributed by atoms with Gasteiger partial charge < -0.3 is 11.1 Å². The van der Waals surface area contributed by atoms with Gasteiger partial charge in [0, 0.05) is 24.7 Å². The predicted octanol–water partition coefficient (Wildman–Crippen LogP) is 1.80. The number of nitrogens with zero attached hydrogens (tertiary/aromatic N) is 1. The Hall–Kier alpha value is -1.55. The van der Waals surface area contributed by atoms with Crippen LogP contribution in [0.1, 0.15) is 31.7 Å². The second-order valence-electron chi connectivity index (χ2n) is 5.64. The Morgan fingerprint density at radius 3 is 2.60 bits per heavy atom. The van der Waals surface area contributed by atoms with Gasteiger partial charge in [0.2, 0.25) is 5.91 Å². The third kappa shape index (κ3) is 4.53. The van der Waals surface area contributed by atoms with E-state index in [-0.39, 0.29) is 5.91 Å². The summed E-state index contributed by atoms with van der Waals surface area (Å²) in [6, 6.07) is 8.16. The molecule has 0 saturated carbocycles. The summed E-state index contributed by atoms with van der Waals surface area (Å²) in [5.74, 6) is 0.132. The smallest absolute Gasteiger partial charge is 0.220 e. The van der Waals surface area contributed by atoms with E-state index in [0.29, 0.717) is 12.5 Å². The number of carbonyl (C=O) groups excluding carboxylic acids is 1. The molecule has 1 amide bonds. The van der Waals surface area contributed by atoms with Crippen LogP contribution in [0.15, 0.2) is 24.3 Å². The Bertz CT molecular complexity index is 424. The SMILES string of the molecule is CC(CNC(=O)CCc1ccc(N)cc1)N1CCCC1. The number of amides is 1. The fraction of sp³-hybridized carbons (Fsp3) is 0.562. The summed E-state index contributed by atoms with van der Waals surface area (Å²) in [6.45, 7) is 5.27. The number of hydrogen-bond acceptors (Lipinski definition) is 3. The normalized spacial score (nSPS) is 17.1. The van der Waals surface area contributed by atoms with Gasteiger partial charge >= 0.3 is 0 Å². The van der Waals surface area contributed by atoms with Crippen LogP contribution in [0.4, 0.5) is 5.69 Å². The van der Waals surface area contributed by atoms with Crippen LogP contribution in [0.25, 0.3) is 0 Å². The van der Waals surface area contributed by atoms with Crippen LogP contribution in [0.5, 0.6) is 0 Å². The van der Waals surface area contributed by atoms with Crippen molar-refractivity contribution >= 4 is 11.6 Å². The summed E-state index contributed by atoms with van der Waals surface area (Å²) in [5, 5.41) is 3.04. The first-order valence-corrected chi connectivity index (χ1v) is 7.50. The summed E-state index contributed by atoms with van der Waals surface area (Å²) < 4.78 is 0. The number of hydrogen-bond donors (Lipinski definition) is 2. The first-order valence-electron chi connectivity index (χ1n) is 7.50. The number of carbonyl (C=O) groups is 1. The Morgan fingerprint density at radius 1 is 1.30 bits per heavy atom. The van der Waals surface area contributed by atoms with E-state index >= 15 is 0 Å². The summed E-state index contributed by atoms with van der Waals surface area (Å²) in [5.41, 5.74) is 7.56. The lowest BCUT2D eigenvalue weighted by atomic mass is 10.1. The largest absolute Gasteiger partial charge is 0.399 e. The van der Waals surface area contributed by atoms with Crippen LogP contribution >= 0.6 is 0 Å². The van der Waals surface area contributed by atoms with Crippen molar-refractivity contribution in [3.05, 3.63) is 29.8 Å². The molecule has 1 atom stereocenters. The molecule has 1 unspecified atom stereocenters. The third-order valence-corrected chi connectivity index (χ3v) is 3.98. The summed E-state index contributed by atoms with van der Waals surface area (Å²) >= 11 is 0. The number of likely N-dealkylation sites (tertiary alicyclic amines) is 1. The van der Waals surface area contributed by atoms with Crippen molar-refractivity contribution in [2.24, 2.45) is 0 Å². The maximum atomic E-state index is 11.8. The van der Waals surface area contributed by atoms with Gasteiger partial charge in [0.25, 0.3) is 0 Å². The summed E-state index contributed by atoms with van der Waals surface area (Å²) in [7, 11) is 0. The zero-order chi connectivity index (χ0) is 14.4. The molecule has 110 valence electrons. The van der Waals surface area contributed by atoms with Gasteiger partial charge in [-0.05, 0) is 57.0 Å². The van der Waals surface area contributed by atoms with Crippen LogP contribution in [0, 0.1) is 0 Å². The van der Waals surface area contributed by atoms with Gasteiger partial charge in [-0.3, -0.25) is 9.69 Å². The Balaban J connectivity index is 1.66. The summed E-state index contributed by atoms with van der Waals surface area (Å²) in [4.78, 5) is 14.3. The van der Waals surface area contributed by atoms with Gasteiger partial charge in [-0.25, -0.2) is 0 Å². The molecule has 1 aromatic carbocycles. The average Bonchev–Trinajstić information content (AvgIpc) is 2.98. The third-order valence-electron chi connectivity index (χ3n) is 3.98. The molecule has 1 aliphatic rings. The molecule has 1 aliphatic heterocycles. The maximum Gasteiger partial charge on any atom is 0.220 e. The standard InChI is InChI=1S/C16H25N3O/c1-13(19-10-2-3-11-19)12-18-16(20)9-6-14-4-7-15(17)8-5-14/h4-5,7-8,13H,2-3,6,9-12,17H2,1H3,(H,18,20). The molecule has 1 saturated heterocycles. The average molecular weight is 275 g/mol. The number of nitrogens with one attached hydrogen (secondary N) is 1. The van der Waals surface area contributed by atoms with E-state index in [0.717, 1.165) is 24.2 Å². The quantitative estimate of drug-likeness (QED) is 0.778. The molecular formula is C16H25N3O. The van der Waals surface area contributed by atoms with E-state index in [4.69, 9.17) is 5.73 Å². The van der Waals surface area contributed by atoms with Crippen molar-refractivity contribution < 1.29 is 4.79 Å². The van der Waals surface area contributed by atoms with Crippen molar-refractivity contribution in [2.75, 3.05) is 25.4 Å². The van der Waals surface area contributed by atoms with E-state index in [9.17, 15) is 4.79 Å². The second-order valence-corrected chi connectivity index (χ2v) is 5.64. The highest BCUT2D eigenvalue weighted by Crippen LogP contribution is 2.11. The molecule has 20 heavy (non-hydrogen) atoms. The fourth-order valence-electron chi connectivity index (χ4n) is 2.60. The zero-order valence-electron chi connectivity index (χ0n) is 12.3. The van der Waals surface area contributed by atoms with E-state index < -0.39 is 0 Å². The lowest BCUT2D eigenvalue weighted by Gasteiger charge is -2.23. The Kier molecular flexibility index (Phi) is 5.41. The highest BCUT2D eigenvalue weighted by Gasteiger charge is 2.18. The minimum absolute atomic E-state index is 0.132. The first kappa shape index (κ1) is 14.9. The minimum atomic E-state index is 0.132. The van der Waals surface area contributed by atoms with Gasteiger partial charge in [-0.15, -0.1) is 0 Å². The molecule has 0 aliphatic carbocycles. The Morgan fingerprint density at radius 2 is 1.95 bits per heavy atom. The molecule has 4 heteroatoms. The number of nitrogen functional groups attached to an aromatic ring is 1. The fourth-order valence-corrected chi connectivity index (χ4v) is 2.60.